The minimum Gasteiger partial charge on any atom is -0.494 e. The number of aromatic hydroxyl groups is 1. The molecule has 234 valence electrons. The van der Waals surface area contributed by atoms with Crippen LogP contribution in [0.5, 0.6) is 11.6 Å². The number of ether oxygens (including phenoxy) is 1. The Bertz CT molecular complexity index is 1690. The van der Waals surface area contributed by atoms with Crippen LogP contribution in [0.25, 0.3) is 10.8 Å². The Kier molecular flexibility index (Phi) is 9.26. The summed E-state index contributed by atoms with van der Waals surface area (Å²) in [6.07, 6.45) is -3.17. The summed E-state index contributed by atoms with van der Waals surface area (Å²) >= 11 is 0. The molecule has 2 atom stereocenters. The van der Waals surface area contributed by atoms with Crippen LogP contribution >= 0.6 is 0 Å². The van der Waals surface area contributed by atoms with Crippen molar-refractivity contribution in [1.82, 2.24) is 9.88 Å². The predicted octanol–water partition coefficient (Wildman–Crippen LogP) is 6.58. The zero-order chi connectivity index (χ0) is 32.3. The second-order valence-corrected chi connectivity index (χ2v) is 10.7. The summed E-state index contributed by atoms with van der Waals surface area (Å²) in [5.41, 5.74) is 7.92. The second kappa shape index (κ2) is 12.7. The molecule has 0 saturated heterocycles. The number of H-pyrrole nitrogens is 1. The van der Waals surface area contributed by atoms with Crippen molar-refractivity contribution >= 4 is 34.0 Å². The molecule has 1 amide bonds. The number of aromatic amines is 1. The molecule has 13 heteroatoms. The number of hydrogen-bond donors (Lipinski definition) is 5. The van der Waals surface area contributed by atoms with Gasteiger partial charge in [-0.25, -0.2) is 4.39 Å². The molecule has 1 unspecified atom stereocenters. The van der Waals surface area contributed by atoms with E-state index in [0.29, 0.717) is 22.8 Å². The average Bonchev–Trinajstić information content (AvgIpc) is 3.29. The third-order valence-electron chi connectivity index (χ3n) is 7.35. The van der Waals surface area contributed by atoms with Gasteiger partial charge in [-0.1, -0.05) is 25.1 Å². The van der Waals surface area contributed by atoms with Crippen LogP contribution in [0.4, 0.5) is 28.9 Å². The number of nitrogens with one attached hydrogen (secondary N) is 2. The number of halogens is 4. The Morgan fingerprint density at radius 1 is 1.14 bits per heavy atom. The van der Waals surface area contributed by atoms with E-state index >= 15 is 4.39 Å². The maximum absolute atomic E-state index is 15.2. The van der Waals surface area contributed by atoms with Gasteiger partial charge in [-0.15, -0.1) is 13.2 Å². The summed E-state index contributed by atoms with van der Waals surface area (Å²) in [5.74, 6) is -3.06. The zero-order valence-corrected chi connectivity index (χ0v) is 24.1. The Morgan fingerprint density at radius 2 is 1.86 bits per heavy atom. The smallest absolute Gasteiger partial charge is 0.494 e. The Balaban J connectivity index is 1.71. The summed E-state index contributed by atoms with van der Waals surface area (Å²) in [5, 5.41) is 22.8. The number of nitrogens with zero attached hydrogens (tertiary/aromatic N) is 1. The molecule has 0 aliphatic carbocycles. The number of rotatable bonds is 11. The number of fused-ring (bicyclic) bond motifs is 1. The molecular formula is C31H32F4N4O5. The number of aromatic nitrogens is 1. The molecule has 4 aromatic rings. The van der Waals surface area contributed by atoms with E-state index in [9.17, 15) is 27.9 Å². The van der Waals surface area contributed by atoms with Gasteiger partial charge >= 0.3 is 12.3 Å². The van der Waals surface area contributed by atoms with Crippen molar-refractivity contribution in [2.24, 2.45) is 0 Å². The lowest BCUT2D eigenvalue weighted by Crippen LogP contribution is -2.35. The number of nitrogen functional groups attached to an aromatic ring is 1. The highest BCUT2D eigenvalue weighted by atomic mass is 19.4. The van der Waals surface area contributed by atoms with E-state index in [0.717, 1.165) is 17.2 Å². The van der Waals surface area contributed by atoms with Crippen molar-refractivity contribution in [2.45, 2.75) is 51.6 Å². The fourth-order valence-electron chi connectivity index (χ4n) is 5.12. The van der Waals surface area contributed by atoms with Crippen molar-refractivity contribution in [1.29, 1.82) is 0 Å². The van der Waals surface area contributed by atoms with Crippen LogP contribution in [0.2, 0.25) is 0 Å². The molecule has 9 nitrogen and oxygen atoms in total. The monoisotopic (exact) mass is 616 g/mol. The number of benzene rings is 3. The van der Waals surface area contributed by atoms with Gasteiger partial charge in [-0.2, -0.15) is 0 Å². The SMILES string of the molecule is Cc1cc(C(Nc2cc3c(O)[nH]cc3cc2F)C(=O)N(C)Cc2cc(N)ccc2OC(F)(F)F)ccc1[C@@H](C)CCC(=O)O. The van der Waals surface area contributed by atoms with Crippen molar-refractivity contribution in [2.75, 3.05) is 18.1 Å². The molecule has 4 rings (SSSR count). The molecule has 0 saturated carbocycles. The number of carboxylic acids is 1. The van der Waals surface area contributed by atoms with Crippen molar-refractivity contribution in [3.8, 4) is 11.6 Å². The minimum atomic E-state index is -4.97. The highest BCUT2D eigenvalue weighted by Crippen LogP contribution is 2.34. The topological polar surface area (TPSA) is 141 Å². The van der Waals surface area contributed by atoms with Crippen LogP contribution in [0, 0.1) is 12.7 Å². The first-order valence-electron chi connectivity index (χ1n) is 13.6. The maximum Gasteiger partial charge on any atom is 0.573 e. The normalized spacial score (nSPS) is 13.0. The molecule has 0 spiro atoms. The van der Waals surface area contributed by atoms with Crippen LogP contribution in [0.3, 0.4) is 0 Å². The Morgan fingerprint density at radius 3 is 2.52 bits per heavy atom. The first kappa shape index (κ1) is 32.0. The van der Waals surface area contributed by atoms with Gasteiger partial charge < -0.3 is 35.9 Å². The van der Waals surface area contributed by atoms with Gasteiger partial charge in [0.05, 0.1) is 5.69 Å². The number of carbonyl (C=O) groups excluding carboxylic acids is 1. The van der Waals surface area contributed by atoms with Gasteiger partial charge in [0, 0.05) is 48.2 Å². The number of aryl methyl sites for hydroxylation is 1. The maximum atomic E-state index is 15.2. The van der Waals surface area contributed by atoms with Gasteiger partial charge in [-0.05, 0) is 66.3 Å². The summed E-state index contributed by atoms with van der Waals surface area (Å²) < 4.78 is 58.5. The van der Waals surface area contributed by atoms with Gasteiger partial charge in [0.2, 0.25) is 5.91 Å². The molecule has 0 aliphatic rings. The number of nitrogens with two attached hydrogens (primary N) is 1. The lowest BCUT2D eigenvalue weighted by Gasteiger charge is -2.27. The highest BCUT2D eigenvalue weighted by molar-refractivity contribution is 5.92. The third-order valence-corrected chi connectivity index (χ3v) is 7.35. The van der Waals surface area contributed by atoms with E-state index in [2.05, 4.69) is 15.0 Å². The average molecular weight is 617 g/mol. The molecule has 1 aromatic heterocycles. The van der Waals surface area contributed by atoms with E-state index in [4.69, 9.17) is 10.8 Å². The van der Waals surface area contributed by atoms with Crippen molar-refractivity contribution in [3.05, 3.63) is 82.8 Å². The van der Waals surface area contributed by atoms with Crippen LogP contribution in [-0.2, 0) is 16.1 Å². The number of carbonyl (C=O) groups is 2. The number of hydrogen-bond acceptors (Lipinski definition) is 6. The van der Waals surface area contributed by atoms with Crippen LogP contribution in [0.15, 0.2) is 54.7 Å². The van der Waals surface area contributed by atoms with Gasteiger partial charge in [0.1, 0.15) is 17.6 Å². The molecule has 6 N–H and O–H groups in total. The molecule has 0 aliphatic heterocycles. The van der Waals surface area contributed by atoms with E-state index in [-0.39, 0.29) is 41.7 Å². The number of anilines is 2. The van der Waals surface area contributed by atoms with Crippen molar-refractivity contribution < 1.29 is 42.1 Å². The third kappa shape index (κ3) is 7.52. The molecule has 0 bridgehead atoms. The van der Waals surface area contributed by atoms with Crippen molar-refractivity contribution in [3.63, 3.8) is 0 Å². The fraction of sp³-hybridized carbons (Fsp3) is 0.290. The minimum absolute atomic E-state index is 0.000513. The van der Waals surface area contributed by atoms with E-state index in [1.165, 1.54) is 42.4 Å². The summed E-state index contributed by atoms with van der Waals surface area (Å²) in [4.78, 5) is 28.8. The van der Waals surface area contributed by atoms with Gasteiger partial charge in [0.25, 0.3) is 0 Å². The van der Waals surface area contributed by atoms with Gasteiger partial charge in [0.15, 0.2) is 5.88 Å². The fourth-order valence-corrected chi connectivity index (χ4v) is 5.12. The zero-order valence-electron chi connectivity index (χ0n) is 24.1. The summed E-state index contributed by atoms with van der Waals surface area (Å²) in [6, 6.07) is 10.0. The molecule has 0 fully saturated rings. The largest absolute Gasteiger partial charge is 0.573 e. The van der Waals surface area contributed by atoms with Crippen LogP contribution < -0.4 is 15.8 Å². The van der Waals surface area contributed by atoms with Gasteiger partial charge in [-0.3, -0.25) is 9.59 Å². The number of aliphatic carboxylic acids is 1. The predicted molar refractivity (Wildman–Crippen MR) is 157 cm³/mol. The highest BCUT2D eigenvalue weighted by Gasteiger charge is 2.33. The number of alkyl halides is 3. The molecule has 44 heavy (non-hydrogen) atoms. The second-order valence-electron chi connectivity index (χ2n) is 10.7. The molecule has 3 aromatic carbocycles. The first-order chi connectivity index (χ1) is 20.6. The first-order valence-corrected chi connectivity index (χ1v) is 13.6. The quantitative estimate of drug-likeness (QED) is 0.0947. The van der Waals surface area contributed by atoms with E-state index < -0.39 is 35.8 Å². The van der Waals surface area contributed by atoms with E-state index in [1.54, 1.807) is 25.1 Å². The van der Waals surface area contributed by atoms with Crippen LogP contribution in [0.1, 0.15) is 54.0 Å². The number of carboxylic acid groups (broad SMARTS) is 1. The number of amides is 1. The standard InChI is InChI=1S/C31H32F4N4O5/c1-16(4-9-27(40)41)22-7-5-18(10-17(22)2)28(38-25-13-23-19(12-24(25)32)14-37-29(23)42)30(43)39(3)15-20-11-21(36)6-8-26(20)44-31(33,34)35/h5-8,10-14,16,28,37-38,42H,4,9,15,36H2,1-3H3,(H,40,41)/t16-,28?/m0/s1. The lowest BCUT2D eigenvalue weighted by molar-refractivity contribution is -0.275. The molecule has 1 heterocycles. The Labute approximate surface area is 250 Å². The summed E-state index contributed by atoms with van der Waals surface area (Å²) in [7, 11) is 1.38. The number of likely N-dealkylation sites (N-methyl/N-ethyl adjacent to an activating group) is 1. The molecular weight excluding hydrogens is 584 g/mol. The Hall–Kier alpha value is -4.94. The summed E-state index contributed by atoms with van der Waals surface area (Å²) in [6.45, 7) is 3.37. The lowest BCUT2D eigenvalue weighted by atomic mass is 9.90. The van der Waals surface area contributed by atoms with Crippen LogP contribution in [-0.4, -0.2) is 45.4 Å². The molecule has 0 radical (unpaired) electrons. The van der Waals surface area contributed by atoms with E-state index in [1.807, 2.05) is 6.92 Å².